The molecular weight excluding hydrogens is 514 g/mol. The van der Waals surface area contributed by atoms with Crippen molar-refractivity contribution in [3.05, 3.63) is 96.3 Å². The third-order valence-electron chi connectivity index (χ3n) is 6.61. The fourth-order valence-corrected chi connectivity index (χ4v) is 4.80. The summed E-state index contributed by atoms with van der Waals surface area (Å²) < 4.78 is 5.87. The molecule has 1 aliphatic rings. The lowest BCUT2D eigenvalue weighted by Crippen LogP contribution is -2.43. The van der Waals surface area contributed by atoms with Gasteiger partial charge in [0.15, 0.2) is 0 Å². The number of piperidine rings is 1. The van der Waals surface area contributed by atoms with Gasteiger partial charge in [0.1, 0.15) is 24.5 Å². The third kappa shape index (κ3) is 6.35. The Morgan fingerprint density at radius 3 is 2.69 bits per heavy atom. The minimum absolute atomic E-state index is 0.125. The summed E-state index contributed by atoms with van der Waals surface area (Å²) in [5, 5.41) is 7.50. The van der Waals surface area contributed by atoms with Crippen LogP contribution in [0.15, 0.2) is 85.7 Å². The van der Waals surface area contributed by atoms with E-state index in [-0.39, 0.29) is 17.7 Å². The molecule has 39 heavy (non-hydrogen) atoms. The average Bonchev–Trinajstić information content (AvgIpc) is 2.97. The molecule has 0 spiro atoms. The first-order chi connectivity index (χ1) is 19.0. The van der Waals surface area contributed by atoms with Crippen LogP contribution < -0.4 is 15.4 Å². The van der Waals surface area contributed by atoms with Gasteiger partial charge in [-0.25, -0.2) is 9.97 Å². The zero-order chi connectivity index (χ0) is 27.2. The van der Waals surface area contributed by atoms with E-state index in [1.54, 1.807) is 11.0 Å². The number of carbonyl (C=O) groups excluding carboxylic acids is 2. The summed E-state index contributed by atoms with van der Waals surface area (Å²) in [5.74, 6) is 0.597. The Bertz CT molecular complexity index is 1510. The molecule has 8 nitrogen and oxygen atoms in total. The lowest BCUT2D eigenvalue weighted by Gasteiger charge is -2.31. The van der Waals surface area contributed by atoms with Crippen LogP contribution in [0.3, 0.4) is 0 Å². The summed E-state index contributed by atoms with van der Waals surface area (Å²) in [5.41, 5.74) is 3.13. The van der Waals surface area contributed by atoms with Crippen LogP contribution in [0.1, 0.15) is 18.4 Å². The predicted octanol–water partition coefficient (Wildman–Crippen LogP) is 5.97. The molecule has 0 aliphatic carbocycles. The Morgan fingerprint density at radius 2 is 1.90 bits per heavy atom. The molecule has 1 aliphatic heterocycles. The van der Waals surface area contributed by atoms with Crippen molar-refractivity contribution in [2.24, 2.45) is 5.92 Å². The van der Waals surface area contributed by atoms with Crippen molar-refractivity contribution in [2.45, 2.75) is 19.4 Å². The number of aromatic nitrogens is 2. The van der Waals surface area contributed by atoms with Crippen molar-refractivity contribution < 1.29 is 14.3 Å². The van der Waals surface area contributed by atoms with Gasteiger partial charge in [0, 0.05) is 29.9 Å². The number of ether oxygens (including phenoxy) is 1. The van der Waals surface area contributed by atoms with Crippen LogP contribution in [0.4, 0.5) is 17.2 Å². The van der Waals surface area contributed by atoms with E-state index >= 15 is 0 Å². The number of amides is 2. The van der Waals surface area contributed by atoms with E-state index in [0.717, 1.165) is 35.0 Å². The maximum absolute atomic E-state index is 13.0. The Hall–Kier alpha value is -4.43. The third-order valence-corrected chi connectivity index (χ3v) is 6.91. The van der Waals surface area contributed by atoms with Crippen molar-refractivity contribution in [1.82, 2.24) is 14.9 Å². The molecular formula is C30H28ClN5O3. The number of nitrogens with one attached hydrogen (secondary N) is 2. The number of fused-ring (bicyclic) bond motifs is 1. The number of nitrogens with zero attached hydrogens (tertiary/aromatic N) is 3. The highest BCUT2D eigenvalue weighted by molar-refractivity contribution is 6.32. The zero-order valence-electron chi connectivity index (χ0n) is 21.3. The molecule has 1 atom stereocenters. The normalized spacial score (nSPS) is 15.0. The fourth-order valence-electron chi connectivity index (χ4n) is 4.57. The summed E-state index contributed by atoms with van der Waals surface area (Å²) in [6, 6.07) is 20.8. The van der Waals surface area contributed by atoms with Crippen LogP contribution in [0.25, 0.3) is 10.9 Å². The van der Waals surface area contributed by atoms with Crippen molar-refractivity contribution in [1.29, 1.82) is 0 Å². The monoisotopic (exact) mass is 541 g/mol. The number of carbonyl (C=O) groups is 2. The largest absolute Gasteiger partial charge is 0.487 e. The van der Waals surface area contributed by atoms with Gasteiger partial charge in [-0.1, -0.05) is 48.5 Å². The smallest absolute Gasteiger partial charge is 0.245 e. The molecule has 0 bridgehead atoms. The molecule has 0 saturated carbocycles. The number of rotatable bonds is 8. The number of hydrogen-bond acceptors (Lipinski definition) is 6. The van der Waals surface area contributed by atoms with E-state index in [0.29, 0.717) is 42.0 Å². The number of likely N-dealkylation sites (tertiary alicyclic amines) is 1. The Labute approximate surface area is 231 Å². The molecule has 2 amide bonds. The van der Waals surface area contributed by atoms with E-state index in [9.17, 15) is 9.59 Å². The van der Waals surface area contributed by atoms with Gasteiger partial charge in [0.2, 0.25) is 11.8 Å². The highest BCUT2D eigenvalue weighted by Gasteiger charge is 2.27. The molecule has 1 fully saturated rings. The van der Waals surface area contributed by atoms with E-state index in [1.165, 1.54) is 12.4 Å². The second kappa shape index (κ2) is 12.0. The molecule has 9 heteroatoms. The highest BCUT2D eigenvalue weighted by Crippen LogP contribution is 2.32. The predicted molar refractivity (Wildman–Crippen MR) is 153 cm³/mol. The second-order valence-corrected chi connectivity index (χ2v) is 9.72. The van der Waals surface area contributed by atoms with Crippen LogP contribution in [0.2, 0.25) is 5.02 Å². The van der Waals surface area contributed by atoms with Crippen LogP contribution in [-0.4, -0.2) is 39.8 Å². The number of benzene rings is 3. The molecule has 2 N–H and O–H groups in total. The van der Waals surface area contributed by atoms with Gasteiger partial charge >= 0.3 is 0 Å². The number of hydrogen-bond donors (Lipinski definition) is 2. The van der Waals surface area contributed by atoms with Crippen LogP contribution >= 0.6 is 11.6 Å². The Morgan fingerprint density at radius 1 is 1.08 bits per heavy atom. The Kier molecular flexibility index (Phi) is 8.03. The lowest BCUT2D eigenvalue weighted by molar-refractivity contribution is -0.130. The zero-order valence-corrected chi connectivity index (χ0v) is 22.0. The van der Waals surface area contributed by atoms with Crippen molar-refractivity contribution in [3.8, 4) is 5.75 Å². The van der Waals surface area contributed by atoms with Gasteiger partial charge in [0.05, 0.1) is 16.5 Å². The van der Waals surface area contributed by atoms with Crippen molar-refractivity contribution in [3.63, 3.8) is 0 Å². The topological polar surface area (TPSA) is 96.5 Å². The van der Waals surface area contributed by atoms with Gasteiger partial charge in [-0.15, -0.1) is 0 Å². The fraction of sp³-hybridized carbons (Fsp3) is 0.200. The van der Waals surface area contributed by atoms with Gasteiger partial charge in [0.25, 0.3) is 0 Å². The number of anilines is 3. The van der Waals surface area contributed by atoms with Gasteiger partial charge in [-0.05, 0) is 60.9 Å². The summed E-state index contributed by atoms with van der Waals surface area (Å²) in [7, 11) is 0. The summed E-state index contributed by atoms with van der Waals surface area (Å²) in [6.45, 7) is 4.99. The molecule has 4 aromatic rings. The minimum atomic E-state index is -0.285. The maximum atomic E-state index is 13.0. The summed E-state index contributed by atoms with van der Waals surface area (Å²) in [6.07, 6.45) is 4.27. The molecule has 0 radical (unpaired) electrons. The Balaban J connectivity index is 1.29. The maximum Gasteiger partial charge on any atom is 0.245 e. The molecule has 0 unspecified atom stereocenters. The van der Waals surface area contributed by atoms with Crippen LogP contribution in [0.5, 0.6) is 5.75 Å². The molecule has 198 valence electrons. The van der Waals surface area contributed by atoms with Gasteiger partial charge in [-0.3, -0.25) is 9.59 Å². The second-order valence-electron chi connectivity index (χ2n) is 9.32. The molecule has 1 saturated heterocycles. The quantitative estimate of drug-likeness (QED) is 0.267. The standard InChI is InChI=1S/C30H28ClN5O3/c1-2-28(37)36-14-6-9-21(17-36)30(38)35-22-10-12-26-24(15-22)29(33-19-32-26)34-23-11-13-27(25(31)16-23)39-18-20-7-4-3-5-8-20/h2-5,7-8,10-13,15-16,19,21H,1,6,9,14,17-18H2,(H,35,38)(H,32,33,34)/t21-/m0/s1. The highest BCUT2D eigenvalue weighted by atomic mass is 35.5. The van der Waals surface area contributed by atoms with E-state index in [4.69, 9.17) is 16.3 Å². The van der Waals surface area contributed by atoms with Crippen molar-refractivity contribution in [2.75, 3.05) is 23.7 Å². The van der Waals surface area contributed by atoms with E-state index < -0.39 is 0 Å². The SMILES string of the molecule is C=CC(=O)N1CCC[C@H](C(=O)Nc2ccc3ncnc(Nc4ccc(OCc5ccccc5)c(Cl)c4)c3c2)C1. The van der Waals surface area contributed by atoms with E-state index in [2.05, 4.69) is 27.2 Å². The molecule has 3 aromatic carbocycles. The minimum Gasteiger partial charge on any atom is -0.487 e. The van der Waals surface area contributed by atoms with E-state index in [1.807, 2.05) is 60.7 Å². The first-order valence-electron chi connectivity index (χ1n) is 12.7. The molecule has 2 heterocycles. The summed E-state index contributed by atoms with van der Waals surface area (Å²) >= 11 is 6.50. The first-order valence-corrected chi connectivity index (χ1v) is 13.1. The summed E-state index contributed by atoms with van der Waals surface area (Å²) in [4.78, 5) is 35.4. The van der Waals surface area contributed by atoms with Crippen molar-refractivity contribution >= 4 is 51.5 Å². The van der Waals surface area contributed by atoms with Crippen LogP contribution in [-0.2, 0) is 16.2 Å². The molecule has 1 aromatic heterocycles. The van der Waals surface area contributed by atoms with Gasteiger partial charge < -0.3 is 20.3 Å². The average molecular weight is 542 g/mol. The van der Waals surface area contributed by atoms with Gasteiger partial charge in [-0.2, -0.15) is 0 Å². The van der Waals surface area contributed by atoms with Crippen LogP contribution in [0, 0.1) is 5.92 Å². The number of halogens is 1. The molecule has 5 rings (SSSR count). The first kappa shape index (κ1) is 26.2. The lowest BCUT2D eigenvalue weighted by atomic mass is 9.97.